The summed E-state index contributed by atoms with van der Waals surface area (Å²) in [6, 6.07) is 14.2. The first-order valence-corrected chi connectivity index (χ1v) is 11.3. The van der Waals surface area contributed by atoms with E-state index in [1.807, 2.05) is 17.0 Å². The van der Waals surface area contributed by atoms with E-state index in [1.54, 1.807) is 41.6 Å². The van der Waals surface area contributed by atoms with Crippen molar-refractivity contribution in [1.82, 2.24) is 14.8 Å². The Hall–Kier alpha value is -3.44. The summed E-state index contributed by atoms with van der Waals surface area (Å²) < 4.78 is 78.5. The Bertz CT molecular complexity index is 1200. The van der Waals surface area contributed by atoms with Gasteiger partial charge in [-0.2, -0.15) is 26.3 Å². The highest BCUT2D eigenvalue weighted by molar-refractivity contribution is 5.79. The van der Waals surface area contributed by atoms with Crippen molar-refractivity contribution in [2.45, 2.75) is 31.0 Å². The van der Waals surface area contributed by atoms with Gasteiger partial charge in [0.1, 0.15) is 0 Å². The Labute approximate surface area is 209 Å². The van der Waals surface area contributed by atoms with Crippen LogP contribution in [0, 0.1) is 0 Å². The standard InChI is InChI=1S/C26H23F6N3O2/c27-25(28,29)24(37,26(30,31)32)22-7-5-21(6-8-22)20-3-1-18(2-4-20)15-34-13-14-35(23(36)17-34)16-19-9-11-33-12-10-19/h1-12,37H,13-17H2. The number of halogens is 6. The fraction of sp³-hybridized carbons (Fsp3) is 0.308. The molecule has 11 heteroatoms. The molecule has 1 fully saturated rings. The summed E-state index contributed by atoms with van der Waals surface area (Å²) in [6.07, 6.45) is -8.50. The van der Waals surface area contributed by atoms with Crippen molar-refractivity contribution < 1.29 is 36.2 Å². The number of nitrogens with zero attached hydrogens (tertiary/aromatic N) is 3. The van der Waals surface area contributed by atoms with E-state index < -0.39 is 23.5 Å². The lowest BCUT2D eigenvalue weighted by Gasteiger charge is -2.34. The molecule has 196 valence electrons. The molecule has 2 heterocycles. The summed E-state index contributed by atoms with van der Waals surface area (Å²) in [4.78, 5) is 20.3. The molecule has 3 aromatic rings. The second kappa shape index (κ2) is 10.1. The predicted octanol–water partition coefficient (Wildman–Crippen LogP) is 4.91. The second-order valence-electron chi connectivity index (χ2n) is 8.86. The molecule has 1 saturated heterocycles. The van der Waals surface area contributed by atoms with Crippen molar-refractivity contribution in [2.24, 2.45) is 0 Å². The molecular weight excluding hydrogens is 500 g/mol. The monoisotopic (exact) mass is 523 g/mol. The van der Waals surface area contributed by atoms with Crippen molar-refractivity contribution in [2.75, 3.05) is 19.6 Å². The number of piperazine rings is 1. The zero-order chi connectivity index (χ0) is 26.8. The van der Waals surface area contributed by atoms with E-state index in [1.165, 1.54) is 0 Å². The number of rotatable bonds is 6. The van der Waals surface area contributed by atoms with Gasteiger partial charge in [0.2, 0.25) is 5.91 Å². The summed E-state index contributed by atoms with van der Waals surface area (Å²) >= 11 is 0. The van der Waals surface area contributed by atoms with Gasteiger partial charge in [-0.25, -0.2) is 0 Å². The first-order chi connectivity index (χ1) is 17.4. The van der Waals surface area contributed by atoms with Gasteiger partial charge in [0.15, 0.2) is 0 Å². The molecule has 0 unspecified atom stereocenters. The molecule has 1 aliphatic rings. The zero-order valence-corrected chi connectivity index (χ0v) is 19.4. The number of pyridine rings is 1. The minimum atomic E-state index is -5.93. The maximum absolute atomic E-state index is 13.1. The summed E-state index contributed by atoms with van der Waals surface area (Å²) in [6.45, 7) is 2.55. The minimum Gasteiger partial charge on any atom is -0.369 e. The topological polar surface area (TPSA) is 56.7 Å². The molecule has 0 saturated carbocycles. The molecule has 1 amide bonds. The number of carbonyl (C=O) groups excluding carboxylic acids is 1. The summed E-state index contributed by atoms with van der Waals surface area (Å²) in [5.74, 6) is 0.0115. The number of carbonyl (C=O) groups is 1. The molecule has 1 aromatic heterocycles. The normalized spacial score (nSPS) is 15.8. The van der Waals surface area contributed by atoms with Crippen LogP contribution in [0.25, 0.3) is 11.1 Å². The molecule has 0 atom stereocenters. The van der Waals surface area contributed by atoms with Crippen LogP contribution in [0.1, 0.15) is 16.7 Å². The first-order valence-electron chi connectivity index (χ1n) is 11.3. The van der Waals surface area contributed by atoms with E-state index >= 15 is 0 Å². The molecule has 0 aliphatic carbocycles. The van der Waals surface area contributed by atoms with E-state index in [2.05, 4.69) is 4.98 Å². The molecule has 5 nitrogen and oxygen atoms in total. The van der Waals surface area contributed by atoms with Crippen LogP contribution in [0.4, 0.5) is 26.3 Å². The largest absolute Gasteiger partial charge is 0.430 e. The third-order valence-corrected chi connectivity index (χ3v) is 6.34. The lowest BCUT2D eigenvalue weighted by Crippen LogP contribution is -2.53. The molecule has 2 aromatic carbocycles. The van der Waals surface area contributed by atoms with Crippen LogP contribution < -0.4 is 0 Å². The van der Waals surface area contributed by atoms with E-state index in [9.17, 15) is 36.2 Å². The fourth-order valence-electron chi connectivity index (χ4n) is 4.22. The average molecular weight is 523 g/mol. The quantitative estimate of drug-likeness (QED) is 0.467. The third kappa shape index (κ3) is 5.62. The van der Waals surface area contributed by atoms with Gasteiger partial charge in [0, 0.05) is 44.1 Å². The van der Waals surface area contributed by atoms with Crippen LogP contribution in [-0.2, 0) is 23.5 Å². The van der Waals surface area contributed by atoms with Crippen LogP contribution in [0.15, 0.2) is 73.1 Å². The SMILES string of the molecule is O=C1CN(Cc2ccc(-c3ccc(C(O)(C(F)(F)F)C(F)(F)F)cc3)cc2)CCN1Cc1ccncc1. The Morgan fingerprint density at radius 2 is 1.24 bits per heavy atom. The summed E-state index contributed by atoms with van der Waals surface area (Å²) in [5, 5.41) is 9.53. The van der Waals surface area contributed by atoms with Gasteiger partial charge in [-0.15, -0.1) is 0 Å². The van der Waals surface area contributed by atoms with Crippen LogP contribution in [0.3, 0.4) is 0 Å². The van der Waals surface area contributed by atoms with Gasteiger partial charge in [-0.1, -0.05) is 48.5 Å². The number of hydrogen-bond donors (Lipinski definition) is 1. The Balaban J connectivity index is 1.39. The fourth-order valence-corrected chi connectivity index (χ4v) is 4.22. The van der Waals surface area contributed by atoms with Gasteiger partial charge in [0.05, 0.1) is 6.54 Å². The molecule has 0 radical (unpaired) electrons. The predicted molar refractivity (Wildman–Crippen MR) is 123 cm³/mol. The van der Waals surface area contributed by atoms with E-state index in [0.29, 0.717) is 49.4 Å². The first kappa shape index (κ1) is 26.6. The van der Waals surface area contributed by atoms with Crippen LogP contribution in [-0.4, -0.2) is 57.8 Å². The van der Waals surface area contributed by atoms with Crippen molar-refractivity contribution >= 4 is 5.91 Å². The van der Waals surface area contributed by atoms with Gasteiger partial charge in [-0.05, 0) is 34.4 Å². The highest BCUT2D eigenvalue weighted by Gasteiger charge is 2.71. The Morgan fingerprint density at radius 3 is 1.76 bits per heavy atom. The van der Waals surface area contributed by atoms with Gasteiger partial charge in [-0.3, -0.25) is 14.7 Å². The van der Waals surface area contributed by atoms with Crippen LogP contribution in [0.5, 0.6) is 0 Å². The smallest absolute Gasteiger partial charge is 0.369 e. The molecule has 4 rings (SSSR count). The minimum absolute atomic E-state index is 0.0115. The third-order valence-electron chi connectivity index (χ3n) is 6.34. The highest BCUT2D eigenvalue weighted by Crippen LogP contribution is 2.50. The zero-order valence-electron chi connectivity index (χ0n) is 19.4. The van der Waals surface area contributed by atoms with Gasteiger partial charge < -0.3 is 10.0 Å². The summed E-state index contributed by atoms with van der Waals surface area (Å²) in [5.41, 5.74) is -3.39. The average Bonchev–Trinajstić information content (AvgIpc) is 2.85. The van der Waals surface area contributed by atoms with Crippen LogP contribution >= 0.6 is 0 Å². The van der Waals surface area contributed by atoms with Gasteiger partial charge >= 0.3 is 12.4 Å². The second-order valence-corrected chi connectivity index (χ2v) is 8.86. The number of aliphatic hydroxyl groups is 1. The summed E-state index contributed by atoms with van der Waals surface area (Å²) in [7, 11) is 0. The van der Waals surface area contributed by atoms with Crippen molar-refractivity contribution in [3.05, 3.63) is 89.7 Å². The maximum Gasteiger partial charge on any atom is 0.430 e. The van der Waals surface area contributed by atoms with E-state index in [0.717, 1.165) is 23.3 Å². The number of benzene rings is 2. The molecule has 0 spiro atoms. The number of hydrogen-bond acceptors (Lipinski definition) is 4. The number of amides is 1. The molecule has 1 aliphatic heterocycles. The lowest BCUT2D eigenvalue weighted by atomic mass is 9.90. The number of alkyl halides is 6. The molecular formula is C26H23F6N3O2. The Kier molecular flexibility index (Phi) is 7.29. The molecule has 0 bridgehead atoms. The Morgan fingerprint density at radius 1 is 0.730 bits per heavy atom. The molecule has 37 heavy (non-hydrogen) atoms. The number of aromatic nitrogens is 1. The van der Waals surface area contributed by atoms with Gasteiger partial charge in [0.25, 0.3) is 5.60 Å². The lowest BCUT2D eigenvalue weighted by molar-refractivity contribution is -0.376. The van der Waals surface area contributed by atoms with E-state index in [4.69, 9.17) is 0 Å². The molecule has 1 N–H and O–H groups in total. The van der Waals surface area contributed by atoms with Crippen LogP contribution in [0.2, 0.25) is 0 Å². The maximum atomic E-state index is 13.1. The highest BCUT2D eigenvalue weighted by atomic mass is 19.4. The van der Waals surface area contributed by atoms with Crippen molar-refractivity contribution in [3.63, 3.8) is 0 Å². The van der Waals surface area contributed by atoms with E-state index in [-0.39, 0.29) is 12.5 Å². The van der Waals surface area contributed by atoms with Crippen molar-refractivity contribution in [1.29, 1.82) is 0 Å². The van der Waals surface area contributed by atoms with Crippen molar-refractivity contribution in [3.8, 4) is 11.1 Å².